The first-order valence-corrected chi connectivity index (χ1v) is 9.59. The fraction of sp³-hybridized carbons (Fsp3) is 0.600. The fourth-order valence-electron chi connectivity index (χ4n) is 2.09. The highest BCUT2D eigenvalue weighted by Gasteiger charge is 2.40. The van der Waals surface area contributed by atoms with Crippen molar-refractivity contribution in [3.8, 4) is 0 Å². The van der Waals surface area contributed by atoms with Crippen molar-refractivity contribution in [1.29, 1.82) is 0 Å². The standard InChI is InChI=1S/C15H25N3O3Si/c1-4-19-22(20-5-2,21-13-14(3)17-18-16)12-11-15-9-7-6-8-10-15/h6-10,14H,4-5,11-13H2,1-3H3. The Kier molecular flexibility index (Phi) is 8.80. The third-order valence-corrected chi connectivity index (χ3v) is 6.01. The van der Waals surface area contributed by atoms with Crippen LogP contribution in [0.15, 0.2) is 35.4 Å². The number of azide groups is 1. The van der Waals surface area contributed by atoms with Crippen molar-refractivity contribution in [3.05, 3.63) is 46.3 Å². The number of hydrogen-bond donors (Lipinski definition) is 0. The summed E-state index contributed by atoms with van der Waals surface area (Å²) in [6, 6.07) is 10.7. The van der Waals surface area contributed by atoms with Gasteiger partial charge in [-0.3, -0.25) is 0 Å². The van der Waals surface area contributed by atoms with Gasteiger partial charge in [0, 0.05) is 30.8 Å². The van der Waals surface area contributed by atoms with E-state index in [0.29, 0.717) is 25.9 Å². The van der Waals surface area contributed by atoms with Gasteiger partial charge in [0.25, 0.3) is 0 Å². The molecule has 1 rings (SSSR count). The third-order valence-electron chi connectivity index (χ3n) is 3.08. The van der Waals surface area contributed by atoms with E-state index in [4.69, 9.17) is 18.8 Å². The van der Waals surface area contributed by atoms with Crippen molar-refractivity contribution < 1.29 is 13.3 Å². The maximum Gasteiger partial charge on any atom is 0.501 e. The van der Waals surface area contributed by atoms with Crippen LogP contribution in [0.25, 0.3) is 10.4 Å². The zero-order chi connectivity index (χ0) is 16.3. The van der Waals surface area contributed by atoms with Crippen LogP contribution in [0.2, 0.25) is 6.04 Å². The second-order valence-corrected chi connectivity index (χ2v) is 7.63. The molecule has 7 heteroatoms. The summed E-state index contributed by atoms with van der Waals surface area (Å²) in [5.41, 5.74) is 9.70. The fourth-order valence-corrected chi connectivity index (χ4v) is 4.75. The molecule has 0 aromatic heterocycles. The van der Waals surface area contributed by atoms with Gasteiger partial charge in [-0.2, -0.15) is 0 Å². The monoisotopic (exact) mass is 323 g/mol. The van der Waals surface area contributed by atoms with E-state index in [9.17, 15) is 0 Å². The lowest BCUT2D eigenvalue weighted by Gasteiger charge is -2.29. The molecular weight excluding hydrogens is 298 g/mol. The molecule has 0 aliphatic carbocycles. The lowest BCUT2D eigenvalue weighted by Crippen LogP contribution is -2.47. The highest BCUT2D eigenvalue weighted by Crippen LogP contribution is 2.20. The molecule has 0 amide bonds. The molecule has 0 aliphatic rings. The van der Waals surface area contributed by atoms with Crippen LogP contribution in [0.3, 0.4) is 0 Å². The predicted molar refractivity (Wildman–Crippen MR) is 88.5 cm³/mol. The Morgan fingerprint density at radius 1 is 1.14 bits per heavy atom. The average molecular weight is 323 g/mol. The normalized spacial score (nSPS) is 12.7. The first-order valence-electron chi connectivity index (χ1n) is 7.65. The second kappa shape index (κ2) is 10.4. The molecule has 0 heterocycles. The number of aryl methyl sites for hydroxylation is 1. The molecule has 0 N–H and O–H groups in total. The Morgan fingerprint density at radius 3 is 2.32 bits per heavy atom. The maximum atomic E-state index is 8.48. The number of benzene rings is 1. The minimum absolute atomic E-state index is 0.241. The molecule has 122 valence electrons. The molecule has 22 heavy (non-hydrogen) atoms. The zero-order valence-electron chi connectivity index (χ0n) is 13.6. The SMILES string of the molecule is CCO[Si](CCc1ccccc1)(OCC)OCC(C)N=[N+]=[N-]. The molecule has 0 radical (unpaired) electrons. The summed E-state index contributed by atoms with van der Waals surface area (Å²) in [7, 11) is -2.75. The van der Waals surface area contributed by atoms with Gasteiger partial charge in [0.2, 0.25) is 0 Å². The summed E-state index contributed by atoms with van der Waals surface area (Å²) >= 11 is 0. The summed E-state index contributed by atoms with van der Waals surface area (Å²) in [4.78, 5) is 2.80. The summed E-state index contributed by atoms with van der Waals surface area (Å²) in [6.07, 6.45) is 0.836. The quantitative estimate of drug-likeness (QED) is 0.268. The number of nitrogens with zero attached hydrogens (tertiary/aromatic N) is 3. The number of rotatable bonds is 11. The Hall–Kier alpha value is -1.37. The van der Waals surface area contributed by atoms with Crippen LogP contribution >= 0.6 is 0 Å². The Morgan fingerprint density at radius 2 is 1.77 bits per heavy atom. The molecular formula is C15H25N3O3Si. The van der Waals surface area contributed by atoms with Crippen LogP contribution in [0.5, 0.6) is 0 Å². The molecule has 0 saturated heterocycles. The van der Waals surface area contributed by atoms with Gasteiger partial charge in [-0.05, 0) is 31.4 Å². The van der Waals surface area contributed by atoms with Gasteiger partial charge in [0.05, 0.1) is 6.04 Å². The van der Waals surface area contributed by atoms with E-state index in [1.54, 1.807) is 0 Å². The average Bonchev–Trinajstić information content (AvgIpc) is 2.53. The smallest absolute Gasteiger partial charge is 0.374 e. The van der Waals surface area contributed by atoms with Gasteiger partial charge in [-0.15, -0.1) is 0 Å². The van der Waals surface area contributed by atoms with Crippen LogP contribution in [0.1, 0.15) is 26.3 Å². The summed E-state index contributed by atoms with van der Waals surface area (Å²) in [6.45, 7) is 7.07. The molecule has 0 spiro atoms. The highest BCUT2D eigenvalue weighted by molar-refractivity contribution is 6.60. The molecule has 0 aliphatic heterocycles. The maximum absolute atomic E-state index is 8.48. The van der Waals surface area contributed by atoms with Gasteiger partial charge in [0.1, 0.15) is 0 Å². The van der Waals surface area contributed by atoms with E-state index in [1.807, 2.05) is 39.0 Å². The lowest BCUT2D eigenvalue weighted by molar-refractivity contribution is 0.0638. The van der Waals surface area contributed by atoms with Crippen molar-refractivity contribution in [1.82, 2.24) is 0 Å². The minimum Gasteiger partial charge on any atom is -0.374 e. The highest BCUT2D eigenvalue weighted by atomic mass is 28.4. The van der Waals surface area contributed by atoms with Crippen molar-refractivity contribution in [3.63, 3.8) is 0 Å². The second-order valence-electron chi connectivity index (χ2n) is 4.90. The first-order chi connectivity index (χ1) is 10.7. The van der Waals surface area contributed by atoms with E-state index in [-0.39, 0.29) is 6.04 Å². The molecule has 1 aromatic carbocycles. The van der Waals surface area contributed by atoms with E-state index in [2.05, 4.69) is 22.2 Å². The molecule has 6 nitrogen and oxygen atoms in total. The van der Waals surface area contributed by atoms with Gasteiger partial charge >= 0.3 is 8.80 Å². The molecule has 0 fully saturated rings. The van der Waals surface area contributed by atoms with Crippen LogP contribution in [0, 0.1) is 0 Å². The Balaban J connectivity index is 2.72. The van der Waals surface area contributed by atoms with Gasteiger partial charge in [0.15, 0.2) is 0 Å². The van der Waals surface area contributed by atoms with Crippen molar-refractivity contribution in [2.75, 3.05) is 19.8 Å². The molecule has 0 saturated carbocycles. The molecule has 0 bridgehead atoms. The van der Waals surface area contributed by atoms with Crippen LogP contribution < -0.4 is 0 Å². The third kappa shape index (κ3) is 6.59. The zero-order valence-corrected chi connectivity index (χ0v) is 14.6. The van der Waals surface area contributed by atoms with E-state index in [0.717, 1.165) is 6.42 Å². The van der Waals surface area contributed by atoms with Crippen LogP contribution in [-0.4, -0.2) is 34.7 Å². The van der Waals surface area contributed by atoms with Crippen LogP contribution in [-0.2, 0) is 19.7 Å². The Bertz CT molecular complexity index is 460. The van der Waals surface area contributed by atoms with Crippen molar-refractivity contribution >= 4 is 8.80 Å². The predicted octanol–water partition coefficient (Wildman–Crippen LogP) is 3.96. The number of hydrogen-bond acceptors (Lipinski definition) is 4. The lowest BCUT2D eigenvalue weighted by atomic mass is 10.2. The van der Waals surface area contributed by atoms with Gasteiger partial charge in [-0.25, -0.2) is 0 Å². The summed E-state index contributed by atoms with van der Waals surface area (Å²) in [5.74, 6) is 0. The molecule has 1 atom stereocenters. The van der Waals surface area contributed by atoms with E-state index < -0.39 is 8.80 Å². The van der Waals surface area contributed by atoms with Gasteiger partial charge in [-0.1, -0.05) is 42.4 Å². The molecule has 1 aromatic rings. The van der Waals surface area contributed by atoms with Crippen molar-refractivity contribution in [2.24, 2.45) is 5.11 Å². The van der Waals surface area contributed by atoms with E-state index in [1.165, 1.54) is 5.56 Å². The summed E-state index contributed by atoms with van der Waals surface area (Å²) < 4.78 is 17.7. The van der Waals surface area contributed by atoms with E-state index >= 15 is 0 Å². The first kappa shape index (κ1) is 18.7. The largest absolute Gasteiger partial charge is 0.501 e. The summed E-state index contributed by atoms with van der Waals surface area (Å²) in [5, 5.41) is 3.63. The van der Waals surface area contributed by atoms with Gasteiger partial charge < -0.3 is 13.3 Å². The Labute approximate surface area is 133 Å². The minimum atomic E-state index is -2.75. The van der Waals surface area contributed by atoms with Crippen molar-refractivity contribution in [2.45, 2.75) is 39.3 Å². The molecule has 1 unspecified atom stereocenters. The topological polar surface area (TPSA) is 76.5 Å². The van der Waals surface area contributed by atoms with Crippen LogP contribution in [0.4, 0.5) is 0 Å².